The molecule has 188 valence electrons. The fourth-order valence-electron chi connectivity index (χ4n) is 4.13. The summed E-state index contributed by atoms with van der Waals surface area (Å²) in [7, 11) is 6.51. The third-order valence-corrected chi connectivity index (χ3v) is 6.31. The summed E-state index contributed by atoms with van der Waals surface area (Å²) < 4.78 is 21.7. The molecule has 0 fully saturated rings. The van der Waals surface area contributed by atoms with E-state index >= 15 is 0 Å². The molecule has 6 nitrogen and oxygen atoms in total. The maximum atomic E-state index is 11.1. The second kappa shape index (κ2) is 12.7. The van der Waals surface area contributed by atoms with Gasteiger partial charge in [0.1, 0.15) is 0 Å². The fraction of sp³-hybridized carbons (Fsp3) is 0.357. The van der Waals surface area contributed by atoms with Gasteiger partial charge in [-0.1, -0.05) is 35.9 Å². The molecule has 0 bridgehead atoms. The molecule has 0 aromatic heterocycles. The van der Waals surface area contributed by atoms with Crippen LogP contribution in [0.25, 0.3) is 0 Å². The average Bonchev–Trinajstić information content (AvgIpc) is 2.87. The fourth-order valence-corrected chi connectivity index (χ4v) is 4.33. The van der Waals surface area contributed by atoms with Crippen molar-refractivity contribution >= 4 is 11.6 Å². The quantitative estimate of drug-likeness (QED) is 0.353. The molecule has 0 amide bonds. The van der Waals surface area contributed by atoms with Gasteiger partial charge >= 0.3 is 0 Å². The third-order valence-electron chi connectivity index (χ3n) is 6.08. The van der Waals surface area contributed by atoms with E-state index in [1.54, 1.807) is 40.6 Å². The SMILES string of the molecule is COc1ccc(C[C@@H](C)N(Cc2ccc(OC)c(OC)c2)CC(O)c2cccc(Cl)c2)cc1OC. The van der Waals surface area contributed by atoms with Crippen LogP contribution in [-0.4, -0.2) is 51.0 Å². The number of ether oxygens (including phenoxy) is 4. The predicted molar refractivity (Wildman–Crippen MR) is 139 cm³/mol. The second-order valence-electron chi connectivity index (χ2n) is 8.43. The molecule has 3 rings (SSSR count). The molecule has 0 aliphatic rings. The highest BCUT2D eigenvalue weighted by Gasteiger charge is 2.21. The van der Waals surface area contributed by atoms with Gasteiger partial charge in [-0.05, 0) is 66.4 Å². The first-order valence-electron chi connectivity index (χ1n) is 11.5. The Morgan fingerprint density at radius 2 is 1.34 bits per heavy atom. The van der Waals surface area contributed by atoms with Gasteiger partial charge in [0.15, 0.2) is 23.0 Å². The third kappa shape index (κ3) is 7.04. The monoisotopic (exact) mass is 499 g/mol. The van der Waals surface area contributed by atoms with E-state index in [9.17, 15) is 5.11 Å². The lowest BCUT2D eigenvalue weighted by Crippen LogP contribution is -2.37. The lowest BCUT2D eigenvalue weighted by molar-refractivity contribution is 0.0858. The topological polar surface area (TPSA) is 60.4 Å². The molecular weight excluding hydrogens is 466 g/mol. The molecule has 0 saturated carbocycles. The molecule has 3 aromatic rings. The smallest absolute Gasteiger partial charge is 0.161 e. The van der Waals surface area contributed by atoms with Crippen LogP contribution in [0.3, 0.4) is 0 Å². The number of benzene rings is 3. The van der Waals surface area contributed by atoms with E-state index in [0.717, 1.165) is 23.1 Å². The van der Waals surface area contributed by atoms with E-state index in [1.165, 1.54) is 0 Å². The van der Waals surface area contributed by atoms with E-state index in [2.05, 4.69) is 11.8 Å². The number of halogens is 1. The summed E-state index contributed by atoms with van der Waals surface area (Å²) >= 11 is 6.17. The number of rotatable bonds is 12. The first kappa shape index (κ1) is 26.7. The lowest BCUT2D eigenvalue weighted by Gasteiger charge is -2.32. The van der Waals surface area contributed by atoms with Crippen molar-refractivity contribution in [3.63, 3.8) is 0 Å². The Bertz CT molecular complexity index is 1110. The highest BCUT2D eigenvalue weighted by Crippen LogP contribution is 2.31. The van der Waals surface area contributed by atoms with Gasteiger partial charge < -0.3 is 24.1 Å². The first-order valence-corrected chi connectivity index (χ1v) is 11.9. The minimum absolute atomic E-state index is 0.107. The van der Waals surface area contributed by atoms with E-state index in [-0.39, 0.29) is 6.04 Å². The van der Waals surface area contributed by atoms with Gasteiger partial charge in [0.2, 0.25) is 0 Å². The molecule has 1 unspecified atom stereocenters. The lowest BCUT2D eigenvalue weighted by atomic mass is 10.0. The van der Waals surface area contributed by atoms with Gasteiger partial charge in [0.25, 0.3) is 0 Å². The van der Waals surface area contributed by atoms with E-state index in [0.29, 0.717) is 41.1 Å². The van der Waals surface area contributed by atoms with Crippen molar-refractivity contribution in [2.45, 2.75) is 32.0 Å². The molecule has 0 heterocycles. The summed E-state index contributed by atoms with van der Waals surface area (Å²) in [6.07, 6.45) is 0.0670. The summed E-state index contributed by atoms with van der Waals surface area (Å²) in [6.45, 7) is 3.21. The van der Waals surface area contributed by atoms with Crippen molar-refractivity contribution in [2.24, 2.45) is 0 Å². The van der Waals surface area contributed by atoms with Gasteiger partial charge in [-0.25, -0.2) is 0 Å². The van der Waals surface area contributed by atoms with Gasteiger partial charge in [0.05, 0.1) is 34.5 Å². The van der Waals surface area contributed by atoms with Crippen molar-refractivity contribution in [3.8, 4) is 23.0 Å². The maximum absolute atomic E-state index is 11.1. The van der Waals surface area contributed by atoms with Crippen LogP contribution in [0.15, 0.2) is 60.7 Å². The number of hydrogen-bond donors (Lipinski definition) is 1. The minimum atomic E-state index is -0.693. The highest BCUT2D eigenvalue weighted by molar-refractivity contribution is 6.30. The molecule has 1 N–H and O–H groups in total. The minimum Gasteiger partial charge on any atom is -0.493 e. The molecule has 0 spiro atoms. The highest BCUT2D eigenvalue weighted by atomic mass is 35.5. The van der Waals surface area contributed by atoms with Crippen molar-refractivity contribution in [1.29, 1.82) is 0 Å². The molecule has 3 aromatic carbocycles. The Labute approximate surface area is 213 Å². The molecule has 0 aliphatic heterocycles. The Balaban J connectivity index is 1.86. The van der Waals surface area contributed by atoms with Gasteiger partial charge in [-0.15, -0.1) is 0 Å². The second-order valence-corrected chi connectivity index (χ2v) is 8.87. The predicted octanol–water partition coefficient (Wildman–Crippen LogP) is 5.54. The summed E-state index contributed by atoms with van der Waals surface area (Å²) in [5.41, 5.74) is 2.96. The Hall–Kier alpha value is -2.93. The van der Waals surface area contributed by atoms with Gasteiger partial charge in [-0.2, -0.15) is 0 Å². The molecule has 0 radical (unpaired) electrons. The molecule has 7 heteroatoms. The zero-order chi connectivity index (χ0) is 25.4. The van der Waals surface area contributed by atoms with Gasteiger partial charge in [-0.3, -0.25) is 4.90 Å². The Kier molecular flexibility index (Phi) is 9.66. The number of methoxy groups -OCH3 is 4. The molecule has 35 heavy (non-hydrogen) atoms. The summed E-state index contributed by atoms with van der Waals surface area (Å²) in [5, 5.41) is 11.7. The van der Waals surface area contributed by atoms with Crippen LogP contribution in [0.2, 0.25) is 5.02 Å². The number of hydrogen-bond acceptors (Lipinski definition) is 6. The van der Waals surface area contributed by atoms with Gasteiger partial charge in [0, 0.05) is 24.2 Å². The zero-order valence-electron chi connectivity index (χ0n) is 21.0. The van der Waals surface area contributed by atoms with Crippen molar-refractivity contribution in [3.05, 3.63) is 82.4 Å². The normalized spacial score (nSPS) is 12.8. The van der Waals surface area contributed by atoms with Crippen LogP contribution in [0, 0.1) is 0 Å². The molecule has 0 saturated heterocycles. The molecular formula is C28H34ClNO5. The van der Waals surface area contributed by atoms with Crippen LogP contribution >= 0.6 is 11.6 Å². The van der Waals surface area contributed by atoms with Crippen LogP contribution in [0.4, 0.5) is 0 Å². The van der Waals surface area contributed by atoms with Crippen molar-refractivity contribution < 1.29 is 24.1 Å². The van der Waals surface area contributed by atoms with Crippen LogP contribution in [-0.2, 0) is 13.0 Å². The van der Waals surface area contributed by atoms with E-state index in [1.807, 2.05) is 48.5 Å². The van der Waals surface area contributed by atoms with E-state index < -0.39 is 6.10 Å². The van der Waals surface area contributed by atoms with Crippen LogP contribution in [0.5, 0.6) is 23.0 Å². The number of aliphatic hydroxyl groups is 1. The Morgan fingerprint density at radius 1 is 0.771 bits per heavy atom. The van der Waals surface area contributed by atoms with Crippen LogP contribution < -0.4 is 18.9 Å². The average molecular weight is 500 g/mol. The van der Waals surface area contributed by atoms with Crippen molar-refractivity contribution in [1.82, 2.24) is 4.90 Å². The summed E-state index contributed by atoms with van der Waals surface area (Å²) in [4.78, 5) is 2.25. The Morgan fingerprint density at radius 3 is 1.91 bits per heavy atom. The number of aliphatic hydroxyl groups excluding tert-OH is 1. The molecule has 0 aliphatic carbocycles. The summed E-state index contributed by atoms with van der Waals surface area (Å²) in [6, 6.07) is 19.3. The standard InChI is InChI=1S/C28H34ClNO5/c1-19(13-20-9-11-25(32-2)27(14-20)34-4)30(18-24(31)22-7-6-8-23(29)16-22)17-21-10-12-26(33-3)28(15-21)35-5/h6-12,14-16,19,24,31H,13,17-18H2,1-5H3/t19-,24?/m1/s1. The first-order chi connectivity index (χ1) is 16.9. The van der Waals surface area contributed by atoms with Crippen molar-refractivity contribution in [2.75, 3.05) is 35.0 Å². The summed E-state index contributed by atoms with van der Waals surface area (Å²) in [5.74, 6) is 2.75. The maximum Gasteiger partial charge on any atom is 0.161 e. The largest absolute Gasteiger partial charge is 0.493 e. The zero-order valence-corrected chi connectivity index (χ0v) is 21.7. The van der Waals surface area contributed by atoms with E-state index in [4.69, 9.17) is 30.5 Å². The van der Waals surface area contributed by atoms with Crippen LogP contribution in [0.1, 0.15) is 29.7 Å². The molecule has 2 atom stereocenters. The number of nitrogens with zero attached hydrogens (tertiary/aromatic N) is 1.